The van der Waals surface area contributed by atoms with E-state index in [1.807, 2.05) is 41.0 Å². The van der Waals surface area contributed by atoms with Crippen LogP contribution in [0.5, 0.6) is 5.75 Å². The molecule has 5 rings (SSSR count). The van der Waals surface area contributed by atoms with Gasteiger partial charge >= 0.3 is 12.1 Å². The highest BCUT2D eigenvalue weighted by Gasteiger charge is 2.51. The minimum Gasteiger partial charge on any atom is -0.497 e. The molecule has 9 heteroatoms. The van der Waals surface area contributed by atoms with E-state index in [1.54, 1.807) is 12.0 Å². The average Bonchev–Trinajstić information content (AvgIpc) is 3.56. The smallest absolute Gasteiger partial charge is 0.409 e. The van der Waals surface area contributed by atoms with Crippen LogP contribution in [-0.2, 0) is 11.3 Å². The number of nitrogens with one attached hydrogen (secondary N) is 2. The van der Waals surface area contributed by atoms with Crippen molar-refractivity contribution < 1.29 is 19.1 Å². The summed E-state index contributed by atoms with van der Waals surface area (Å²) in [5.74, 6) is 1.20. The molecule has 0 aliphatic carbocycles. The Balaban J connectivity index is 1.38. The van der Waals surface area contributed by atoms with Crippen LogP contribution in [0, 0.1) is 0 Å². The molecule has 3 amide bonds. The lowest BCUT2D eigenvalue weighted by atomic mass is 9.86. The summed E-state index contributed by atoms with van der Waals surface area (Å²) in [5, 5.41) is 0. The Hall–Kier alpha value is -3.30. The van der Waals surface area contributed by atoms with Crippen LogP contribution in [-0.4, -0.2) is 73.9 Å². The molecule has 198 valence electrons. The minimum atomic E-state index is -0.361. The summed E-state index contributed by atoms with van der Waals surface area (Å²) < 4.78 is 10.8. The van der Waals surface area contributed by atoms with Gasteiger partial charge in [-0.15, -0.1) is 0 Å². The van der Waals surface area contributed by atoms with Gasteiger partial charge in [-0.1, -0.05) is 31.2 Å². The Morgan fingerprint density at radius 1 is 1.08 bits per heavy atom. The number of likely N-dealkylation sites (tertiary alicyclic amines) is 1. The SMILES string of the molecule is CCCOC(=O)N1CCC2(CC1)CN(c1ccc(C3CNNC3)cc1)C(=O)N2Cc1cccc(OC)c1. The maximum Gasteiger partial charge on any atom is 0.409 e. The van der Waals surface area contributed by atoms with Crippen molar-refractivity contribution in [1.29, 1.82) is 0 Å². The number of carbonyl (C=O) groups excluding carboxylic acids is 2. The van der Waals surface area contributed by atoms with Gasteiger partial charge in [-0.3, -0.25) is 15.8 Å². The lowest BCUT2D eigenvalue weighted by molar-refractivity contribution is 0.0534. The molecule has 3 aliphatic rings. The molecule has 3 heterocycles. The normalized spacial score (nSPS) is 19.6. The molecule has 0 unspecified atom stereocenters. The monoisotopic (exact) mass is 507 g/mol. The van der Waals surface area contributed by atoms with Crippen LogP contribution in [0.15, 0.2) is 48.5 Å². The number of hydrogen-bond acceptors (Lipinski definition) is 6. The van der Waals surface area contributed by atoms with Gasteiger partial charge in [-0.25, -0.2) is 9.59 Å². The Morgan fingerprint density at radius 3 is 2.49 bits per heavy atom. The summed E-state index contributed by atoms with van der Waals surface area (Å²) in [6.07, 6.45) is 1.95. The molecule has 3 fully saturated rings. The highest BCUT2D eigenvalue weighted by atomic mass is 16.6. The zero-order valence-electron chi connectivity index (χ0n) is 21.7. The highest BCUT2D eigenvalue weighted by molar-refractivity contribution is 5.95. The average molecular weight is 508 g/mol. The number of urea groups is 1. The van der Waals surface area contributed by atoms with Crippen molar-refractivity contribution in [2.75, 3.05) is 51.3 Å². The van der Waals surface area contributed by atoms with Gasteiger partial charge in [0.1, 0.15) is 5.75 Å². The summed E-state index contributed by atoms with van der Waals surface area (Å²) >= 11 is 0. The molecule has 0 aromatic heterocycles. The molecule has 2 aromatic rings. The van der Waals surface area contributed by atoms with E-state index in [0.717, 1.165) is 36.5 Å². The number of nitrogens with zero attached hydrogens (tertiary/aromatic N) is 3. The number of benzene rings is 2. The van der Waals surface area contributed by atoms with E-state index in [1.165, 1.54) is 5.56 Å². The Bertz CT molecular complexity index is 1090. The molecule has 37 heavy (non-hydrogen) atoms. The number of amides is 3. The first-order chi connectivity index (χ1) is 18.0. The van der Waals surface area contributed by atoms with E-state index in [2.05, 4.69) is 35.1 Å². The maximum absolute atomic E-state index is 13.9. The third-order valence-corrected chi connectivity index (χ3v) is 7.84. The summed E-state index contributed by atoms with van der Waals surface area (Å²) in [5.41, 5.74) is 9.19. The van der Waals surface area contributed by atoms with Crippen molar-refractivity contribution in [2.45, 2.75) is 44.2 Å². The zero-order chi connectivity index (χ0) is 25.8. The molecule has 3 saturated heterocycles. The zero-order valence-corrected chi connectivity index (χ0v) is 21.7. The molecule has 1 spiro atoms. The van der Waals surface area contributed by atoms with Gasteiger partial charge in [-0.2, -0.15) is 0 Å². The number of rotatable bonds is 7. The predicted molar refractivity (Wildman–Crippen MR) is 142 cm³/mol. The molecule has 2 aromatic carbocycles. The Kier molecular flexibility index (Phi) is 7.53. The third kappa shape index (κ3) is 5.24. The lowest BCUT2D eigenvalue weighted by Gasteiger charge is -2.43. The predicted octanol–water partition coefficient (Wildman–Crippen LogP) is 3.71. The van der Waals surface area contributed by atoms with E-state index in [-0.39, 0.29) is 17.7 Å². The van der Waals surface area contributed by atoms with Gasteiger partial charge in [0.2, 0.25) is 0 Å². The molecule has 0 radical (unpaired) electrons. The fraction of sp³-hybridized carbons (Fsp3) is 0.500. The minimum absolute atomic E-state index is 0.00165. The topological polar surface area (TPSA) is 86.4 Å². The van der Waals surface area contributed by atoms with Gasteiger partial charge in [-0.05, 0) is 54.7 Å². The fourth-order valence-corrected chi connectivity index (χ4v) is 5.63. The van der Waals surface area contributed by atoms with Gasteiger partial charge in [0.25, 0.3) is 0 Å². The van der Waals surface area contributed by atoms with Crippen molar-refractivity contribution in [3.05, 3.63) is 59.7 Å². The molecule has 0 atom stereocenters. The number of methoxy groups -OCH3 is 1. The van der Waals surface area contributed by atoms with Crippen molar-refractivity contribution in [3.8, 4) is 5.75 Å². The number of carbonyl (C=O) groups is 2. The van der Waals surface area contributed by atoms with Gasteiger partial charge in [0.15, 0.2) is 0 Å². The number of ether oxygens (including phenoxy) is 2. The van der Waals surface area contributed by atoms with Gasteiger partial charge in [0, 0.05) is 44.3 Å². The number of hydrogen-bond donors (Lipinski definition) is 2. The van der Waals surface area contributed by atoms with Crippen molar-refractivity contribution in [2.24, 2.45) is 0 Å². The second-order valence-corrected chi connectivity index (χ2v) is 10.2. The summed E-state index contributed by atoms with van der Waals surface area (Å²) in [6.45, 7) is 6.44. The molecule has 9 nitrogen and oxygen atoms in total. The van der Waals surface area contributed by atoms with E-state index in [0.29, 0.717) is 51.5 Å². The molecular weight excluding hydrogens is 470 g/mol. The van der Waals surface area contributed by atoms with Crippen LogP contribution >= 0.6 is 0 Å². The molecule has 2 N–H and O–H groups in total. The highest BCUT2D eigenvalue weighted by Crippen LogP contribution is 2.40. The molecule has 0 saturated carbocycles. The van der Waals surface area contributed by atoms with Crippen molar-refractivity contribution in [3.63, 3.8) is 0 Å². The van der Waals surface area contributed by atoms with E-state index in [4.69, 9.17) is 9.47 Å². The Labute approximate surface area is 218 Å². The number of anilines is 1. The largest absolute Gasteiger partial charge is 0.497 e. The third-order valence-electron chi connectivity index (χ3n) is 7.84. The van der Waals surface area contributed by atoms with Crippen LogP contribution in [0.2, 0.25) is 0 Å². The lowest BCUT2D eigenvalue weighted by Crippen LogP contribution is -2.55. The Morgan fingerprint density at radius 2 is 1.81 bits per heavy atom. The second-order valence-electron chi connectivity index (χ2n) is 10.2. The van der Waals surface area contributed by atoms with Crippen LogP contribution in [0.4, 0.5) is 15.3 Å². The van der Waals surface area contributed by atoms with Crippen LogP contribution in [0.25, 0.3) is 0 Å². The van der Waals surface area contributed by atoms with Crippen molar-refractivity contribution >= 4 is 17.8 Å². The number of piperidine rings is 1. The van der Waals surface area contributed by atoms with Gasteiger partial charge in [0.05, 0.1) is 25.8 Å². The first kappa shape index (κ1) is 25.4. The first-order valence-corrected chi connectivity index (χ1v) is 13.2. The first-order valence-electron chi connectivity index (χ1n) is 13.2. The fourth-order valence-electron chi connectivity index (χ4n) is 5.63. The van der Waals surface area contributed by atoms with E-state index < -0.39 is 0 Å². The van der Waals surface area contributed by atoms with Crippen LogP contribution < -0.4 is 20.5 Å². The standard InChI is InChI=1S/C28H37N5O4/c1-3-15-37-27(35)31-13-11-28(12-14-31)20-32(24-9-7-22(8-10-24)23-17-29-30-18-23)26(34)33(28)19-21-5-4-6-25(16-21)36-2/h4-10,16,23,29-30H,3,11-15,17-20H2,1-2H3. The van der Waals surface area contributed by atoms with Gasteiger partial charge < -0.3 is 19.3 Å². The molecule has 3 aliphatic heterocycles. The summed E-state index contributed by atoms with van der Waals surface area (Å²) in [7, 11) is 1.65. The molecular formula is C28H37N5O4. The molecule has 0 bridgehead atoms. The van der Waals surface area contributed by atoms with E-state index >= 15 is 0 Å². The van der Waals surface area contributed by atoms with Crippen LogP contribution in [0.1, 0.15) is 43.2 Å². The summed E-state index contributed by atoms with van der Waals surface area (Å²) in [4.78, 5) is 32.1. The quantitative estimate of drug-likeness (QED) is 0.594. The van der Waals surface area contributed by atoms with E-state index in [9.17, 15) is 9.59 Å². The van der Waals surface area contributed by atoms with Crippen molar-refractivity contribution in [1.82, 2.24) is 20.7 Å². The van der Waals surface area contributed by atoms with Crippen LogP contribution in [0.3, 0.4) is 0 Å². The number of hydrazine groups is 1. The maximum atomic E-state index is 13.9. The summed E-state index contributed by atoms with van der Waals surface area (Å²) in [6, 6.07) is 16.3. The second kappa shape index (κ2) is 11.0.